The van der Waals surface area contributed by atoms with Gasteiger partial charge in [0.1, 0.15) is 6.04 Å². The molecule has 1 amide bonds. The van der Waals surface area contributed by atoms with Gasteiger partial charge in [-0.3, -0.25) is 9.59 Å². The number of hydrogen-bond donors (Lipinski definition) is 3. The third-order valence-electron chi connectivity index (χ3n) is 15.9. The van der Waals surface area contributed by atoms with Gasteiger partial charge in [-0.2, -0.15) is 0 Å². The number of benzene rings is 1. The second kappa shape index (κ2) is 13.8. The molecule has 1 aromatic heterocycles. The molecule has 2 saturated carbocycles. The van der Waals surface area contributed by atoms with Crippen LogP contribution in [0.1, 0.15) is 147 Å². The van der Waals surface area contributed by atoms with Gasteiger partial charge in [-0.25, -0.2) is 0 Å². The molecule has 0 saturated heterocycles. The summed E-state index contributed by atoms with van der Waals surface area (Å²) >= 11 is 0. The van der Waals surface area contributed by atoms with Crippen LogP contribution in [0.15, 0.2) is 48.1 Å². The number of carbonyl (C=O) groups excluding carboxylic acids is 2. The second-order valence-corrected chi connectivity index (χ2v) is 20.1. The largest absolute Gasteiger partial charge is 0.392 e. The lowest BCUT2D eigenvalue weighted by Crippen LogP contribution is -2.62. The van der Waals surface area contributed by atoms with E-state index >= 15 is 0 Å². The van der Waals surface area contributed by atoms with E-state index < -0.39 is 41.2 Å². The summed E-state index contributed by atoms with van der Waals surface area (Å²) in [6.07, 6.45) is 10.7. The van der Waals surface area contributed by atoms with Crippen LogP contribution >= 0.6 is 0 Å². The molecule has 4 aliphatic carbocycles. The van der Waals surface area contributed by atoms with E-state index in [1.54, 1.807) is 6.92 Å². The fourth-order valence-corrected chi connectivity index (χ4v) is 13.4. The van der Waals surface area contributed by atoms with E-state index in [2.05, 4.69) is 83.1 Å². The maximum absolute atomic E-state index is 15.0. The van der Waals surface area contributed by atoms with Gasteiger partial charge in [-0.05, 0) is 134 Å². The first kappa shape index (κ1) is 41.4. The number of ether oxygens (including phenoxy) is 3. The first-order valence-electron chi connectivity index (χ1n) is 21.8. The first-order chi connectivity index (χ1) is 27.2. The van der Waals surface area contributed by atoms with E-state index in [0.29, 0.717) is 36.7 Å². The van der Waals surface area contributed by atoms with Crippen LogP contribution in [0, 0.1) is 28.6 Å². The minimum absolute atomic E-state index is 0.0253. The van der Waals surface area contributed by atoms with Crippen molar-refractivity contribution in [3.05, 3.63) is 76.0 Å². The number of Topliss-reactive ketones (excluding diaryl/α,β-unsaturated/α-hetero) is 1. The molecule has 0 bridgehead atoms. The molecule has 58 heavy (non-hydrogen) atoms. The fraction of sp³-hybridized carbons (Fsp3) is 0.633. The second-order valence-electron chi connectivity index (χ2n) is 20.1. The van der Waals surface area contributed by atoms with Crippen molar-refractivity contribution in [2.24, 2.45) is 28.6 Å². The fourth-order valence-electron chi connectivity index (χ4n) is 13.4. The molecule has 1 aromatic carbocycles. The smallest absolute Gasteiger partial charge is 0.247 e. The van der Waals surface area contributed by atoms with E-state index in [-0.39, 0.29) is 40.9 Å². The number of aromatic nitrogens is 1. The molecule has 8 rings (SSSR count). The highest BCUT2D eigenvalue weighted by atomic mass is 16.7. The third kappa shape index (κ3) is 5.65. The molecule has 3 N–H and O–H groups in total. The number of nitrogens with zero attached hydrogens (tertiary/aromatic N) is 1. The van der Waals surface area contributed by atoms with Crippen molar-refractivity contribution in [3.63, 3.8) is 0 Å². The molecule has 2 aromatic rings. The number of allylic oxidation sites excluding steroid dienone is 3. The van der Waals surface area contributed by atoms with Crippen LogP contribution in [-0.2, 0) is 30.8 Å². The molecule has 0 spiro atoms. The van der Waals surface area contributed by atoms with Crippen molar-refractivity contribution in [1.82, 2.24) is 9.88 Å². The Balaban J connectivity index is 1.21. The van der Waals surface area contributed by atoms with Crippen LogP contribution < -0.4 is 5.32 Å². The highest BCUT2D eigenvalue weighted by Crippen LogP contribution is 2.71. The van der Waals surface area contributed by atoms with Crippen LogP contribution in [-0.4, -0.2) is 69.8 Å². The Hall–Kier alpha value is -3.34. The molecule has 2 aliphatic heterocycles. The Labute approximate surface area is 345 Å². The Morgan fingerprint density at radius 3 is 2.41 bits per heavy atom. The van der Waals surface area contributed by atoms with E-state index in [0.717, 1.165) is 58.9 Å². The topological polar surface area (TPSA) is 119 Å². The number of nitrogens with one attached hydrogen (secondary N) is 1. The number of rotatable bonds is 10. The summed E-state index contributed by atoms with van der Waals surface area (Å²) in [5, 5.41) is 28.2. The van der Waals surface area contributed by atoms with Crippen molar-refractivity contribution in [1.29, 1.82) is 0 Å². The van der Waals surface area contributed by atoms with Crippen LogP contribution in [0.25, 0.3) is 16.5 Å². The van der Waals surface area contributed by atoms with Crippen molar-refractivity contribution in [2.45, 2.75) is 149 Å². The van der Waals surface area contributed by atoms with Crippen LogP contribution in [0.2, 0.25) is 0 Å². The summed E-state index contributed by atoms with van der Waals surface area (Å²) in [6.45, 7) is 28.6. The normalized spacial score (nSPS) is 35.5. The first-order valence-corrected chi connectivity index (χ1v) is 21.8. The van der Waals surface area contributed by atoms with Crippen molar-refractivity contribution >= 4 is 28.2 Å². The summed E-state index contributed by atoms with van der Waals surface area (Å²) < 4.78 is 20.1. The minimum atomic E-state index is -0.865. The lowest BCUT2D eigenvalue weighted by molar-refractivity contribution is -0.144. The Morgan fingerprint density at radius 2 is 1.76 bits per heavy atom. The molecule has 9 atom stereocenters. The maximum atomic E-state index is 15.0. The molecular weight excluding hydrogens is 729 g/mol. The third-order valence-corrected chi connectivity index (χ3v) is 15.9. The predicted octanol–water partition coefficient (Wildman–Crippen LogP) is 8.61. The van der Waals surface area contributed by atoms with E-state index in [4.69, 9.17) is 14.2 Å². The number of aliphatic hydroxyl groups is 2. The van der Waals surface area contributed by atoms with Gasteiger partial charge >= 0.3 is 0 Å². The van der Waals surface area contributed by atoms with Gasteiger partial charge in [0.15, 0.2) is 12.1 Å². The molecular formula is C49H66N2O7. The molecule has 9 nitrogen and oxygen atoms in total. The monoisotopic (exact) mass is 794 g/mol. The molecule has 2 fully saturated rings. The highest BCUT2D eigenvalue weighted by Gasteiger charge is 2.68. The lowest BCUT2D eigenvalue weighted by atomic mass is 9.40. The summed E-state index contributed by atoms with van der Waals surface area (Å²) in [5.41, 5.74) is 6.16. The zero-order valence-electron chi connectivity index (χ0n) is 36.7. The number of carbonyl (C=O) groups is 2. The predicted molar refractivity (Wildman–Crippen MR) is 227 cm³/mol. The molecule has 9 unspecified atom stereocenters. The van der Waals surface area contributed by atoms with Gasteiger partial charge in [0.25, 0.3) is 0 Å². The molecule has 3 heterocycles. The van der Waals surface area contributed by atoms with Crippen molar-refractivity contribution < 1.29 is 34.0 Å². The zero-order chi connectivity index (χ0) is 42.1. The molecule has 9 heteroatoms. The lowest BCUT2D eigenvalue weighted by Gasteiger charge is -2.64. The van der Waals surface area contributed by atoms with Crippen molar-refractivity contribution in [3.8, 4) is 0 Å². The van der Waals surface area contributed by atoms with Crippen LogP contribution in [0.5, 0.6) is 0 Å². The number of fused-ring (bicyclic) bond motifs is 11. The quantitative estimate of drug-likeness (QED) is 0.0954. The summed E-state index contributed by atoms with van der Waals surface area (Å²) in [5.74, 6) is 0.0702. The summed E-state index contributed by atoms with van der Waals surface area (Å²) in [6, 6.07) is 1.76. The SMILES string of the molecule is C=C(C)C1C(=O)c2c3c(cc4c5c(n1c24)C1(C)C(CCC2C(C)(/C=C/C=C(\C)C(=O)NCC(OCC)OCC)C(O)CCC21C)C5)C1=CC(C)(C)OC(C)(C)C1C3O. The van der Waals surface area contributed by atoms with E-state index in [9.17, 15) is 19.8 Å². The average Bonchev–Trinajstić information content (AvgIpc) is 3.81. The number of hydrogen-bond acceptors (Lipinski definition) is 7. The van der Waals surface area contributed by atoms with Gasteiger partial charge in [0, 0.05) is 52.2 Å². The Morgan fingerprint density at radius 1 is 1.07 bits per heavy atom. The van der Waals surface area contributed by atoms with Gasteiger partial charge < -0.3 is 34.3 Å². The minimum Gasteiger partial charge on any atom is -0.392 e. The highest BCUT2D eigenvalue weighted by molar-refractivity contribution is 6.18. The average molecular weight is 795 g/mol. The Bertz CT molecular complexity index is 2180. The van der Waals surface area contributed by atoms with Gasteiger partial charge in [-0.15, -0.1) is 0 Å². The van der Waals surface area contributed by atoms with E-state index in [1.165, 1.54) is 11.3 Å². The van der Waals surface area contributed by atoms with Gasteiger partial charge in [-0.1, -0.05) is 51.2 Å². The van der Waals surface area contributed by atoms with Gasteiger partial charge in [0.2, 0.25) is 5.91 Å². The number of aliphatic hydroxyl groups excluding tert-OH is 2. The molecule has 6 aliphatic rings. The number of ketones is 1. The van der Waals surface area contributed by atoms with Gasteiger partial charge in [0.05, 0.1) is 41.0 Å². The summed E-state index contributed by atoms with van der Waals surface area (Å²) in [4.78, 5) is 28.0. The molecule has 314 valence electrons. The number of amides is 1. The maximum Gasteiger partial charge on any atom is 0.247 e. The van der Waals surface area contributed by atoms with Crippen LogP contribution in [0.4, 0.5) is 0 Å². The van der Waals surface area contributed by atoms with Crippen LogP contribution in [0.3, 0.4) is 0 Å². The molecule has 0 radical (unpaired) electrons. The Kier molecular flexibility index (Phi) is 9.88. The zero-order valence-corrected chi connectivity index (χ0v) is 36.7. The van der Waals surface area contributed by atoms with Crippen molar-refractivity contribution in [2.75, 3.05) is 19.8 Å². The standard InChI is InChI=1S/C49H66N2O7/c1-13-56-35(57-14-2)25-50-44(55)27(5)16-15-20-47(10)33-18-17-28-22-31-30-23-29-32-24-45(6,7)58-46(8,9)38(32)41(53)36(29)37-40(30)51(39(26(3)4)42(37)54)43(31)49(28,12)48(33,11)21-19-34(47)52/h15-16,20,23-24,28,33-35,38-39,41,52-53H,3,13-14,17-19,21-22,25H2,1-2,4-12H3,(H,50,55)/b20-15+,27-16+. The summed E-state index contributed by atoms with van der Waals surface area (Å²) in [7, 11) is 0. The van der Waals surface area contributed by atoms with E-state index in [1.807, 2.05) is 32.9 Å².